The number of nitrogens with one attached hydrogen (secondary N) is 1. The number of hydrogen-bond acceptors (Lipinski definition) is 5. The third-order valence-electron chi connectivity index (χ3n) is 5.61. The Labute approximate surface area is 183 Å². The van der Waals surface area contributed by atoms with Gasteiger partial charge < -0.3 is 15.3 Å². The van der Waals surface area contributed by atoms with Crippen LogP contribution in [0.5, 0.6) is 0 Å². The zero-order valence-electron chi connectivity index (χ0n) is 17.1. The molecule has 0 spiro atoms. The van der Waals surface area contributed by atoms with Crippen LogP contribution in [0.15, 0.2) is 18.2 Å². The number of aromatic nitrogens is 2. The monoisotopic (exact) mass is 451 g/mol. The van der Waals surface area contributed by atoms with Crippen molar-refractivity contribution in [2.45, 2.75) is 45.0 Å². The van der Waals surface area contributed by atoms with Gasteiger partial charge in [-0.25, -0.2) is 14.2 Å². The highest BCUT2D eigenvalue weighted by Crippen LogP contribution is 2.30. The molecule has 2 aliphatic heterocycles. The number of hydrogen-bond donors (Lipinski definition) is 2. The van der Waals surface area contributed by atoms with Crippen molar-refractivity contribution in [1.82, 2.24) is 19.7 Å². The number of aliphatic hydroxyl groups excluding tert-OH is 1. The molecule has 11 heteroatoms. The maximum atomic E-state index is 13.4. The summed E-state index contributed by atoms with van der Waals surface area (Å²) in [6.07, 6.45) is 0.585. The maximum Gasteiger partial charge on any atom is 0.322 e. The molecule has 31 heavy (non-hydrogen) atoms. The van der Waals surface area contributed by atoms with E-state index in [1.54, 1.807) is 9.58 Å². The van der Waals surface area contributed by atoms with Crippen LogP contribution in [0.25, 0.3) is 0 Å². The first-order valence-corrected chi connectivity index (χ1v) is 10.4. The number of fused-ring (bicyclic) bond motifs is 3. The zero-order valence-corrected chi connectivity index (χ0v) is 17.9. The lowest BCUT2D eigenvalue weighted by Crippen LogP contribution is -2.46. The van der Waals surface area contributed by atoms with Crippen LogP contribution in [-0.4, -0.2) is 62.6 Å². The predicted octanol–water partition coefficient (Wildman–Crippen LogP) is 2.42. The number of aliphatic hydroxyl groups is 1. The summed E-state index contributed by atoms with van der Waals surface area (Å²) in [5, 5.41) is 17.9. The summed E-state index contributed by atoms with van der Waals surface area (Å²) in [6.45, 7) is 2.13. The fourth-order valence-electron chi connectivity index (χ4n) is 3.99. The normalized spacial score (nSPS) is 20.9. The molecule has 4 rings (SSSR count). The minimum Gasteiger partial charge on any atom is -0.393 e. The molecular formula is C20H23ClFN5O4. The second-order valence-electron chi connectivity index (χ2n) is 7.62. The van der Waals surface area contributed by atoms with Crippen molar-refractivity contribution in [3.05, 3.63) is 46.0 Å². The van der Waals surface area contributed by atoms with Gasteiger partial charge in [-0.3, -0.25) is 14.3 Å². The van der Waals surface area contributed by atoms with Gasteiger partial charge in [-0.05, 0) is 24.6 Å². The Morgan fingerprint density at radius 2 is 2.23 bits per heavy atom. The van der Waals surface area contributed by atoms with Gasteiger partial charge >= 0.3 is 6.03 Å². The van der Waals surface area contributed by atoms with E-state index >= 15 is 0 Å². The fourth-order valence-corrected chi connectivity index (χ4v) is 4.17. The van der Waals surface area contributed by atoms with Crippen LogP contribution in [0.2, 0.25) is 5.02 Å². The van der Waals surface area contributed by atoms with Crippen LogP contribution < -0.4 is 5.32 Å². The number of nitrogens with zero attached hydrogens (tertiary/aromatic N) is 4. The van der Waals surface area contributed by atoms with Crippen LogP contribution in [0.1, 0.15) is 35.1 Å². The molecule has 0 saturated heterocycles. The molecule has 1 aromatic carbocycles. The molecule has 2 aliphatic rings. The third kappa shape index (κ3) is 3.98. The molecule has 2 atom stereocenters. The van der Waals surface area contributed by atoms with Gasteiger partial charge in [0.2, 0.25) is 0 Å². The summed E-state index contributed by atoms with van der Waals surface area (Å²) < 4.78 is 15.0. The first kappa shape index (κ1) is 21.5. The molecule has 9 nitrogen and oxygen atoms in total. The molecule has 0 saturated carbocycles. The molecule has 0 fully saturated rings. The average molecular weight is 452 g/mol. The van der Waals surface area contributed by atoms with Crippen LogP contribution in [0.3, 0.4) is 0 Å². The Morgan fingerprint density at radius 3 is 2.90 bits per heavy atom. The molecule has 2 N–H and O–H groups in total. The topological polar surface area (TPSA) is 99.9 Å². The second kappa shape index (κ2) is 8.45. The van der Waals surface area contributed by atoms with Gasteiger partial charge in [-0.2, -0.15) is 5.10 Å². The predicted molar refractivity (Wildman–Crippen MR) is 110 cm³/mol. The van der Waals surface area contributed by atoms with Gasteiger partial charge in [0.1, 0.15) is 17.6 Å². The smallest absolute Gasteiger partial charge is 0.322 e. The van der Waals surface area contributed by atoms with Crippen LogP contribution in [0, 0.1) is 5.82 Å². The minimum atomic E-state index is -0.596. The van der Waals surface area contributed by atoms with Crippen molar-refractivity contribution in [1.29, 1.82) is 0 Å². The van der Waals surface area contributed by atoms with Crippen molar-refractivity contribution in [2.75, 3.05) is 19.0 Å². The number of carbonyl (C=O) groups excluding carboxylic acids is 2. The first-order valence-electron chi connectivity index (χ1n) is 9.99. The number of benzene rings is 1. The molecule has 0 unspecified atom stereocenters. The molecule has 1 aromatic heterocycles. The summed E-state index contributed by atoms with van der Waals surface area (Å²) in [6, 6.07) is 3.47. The van der Waals surface area contributed by atoms with E-state index in [-0.39, 0.29) is 42.7 Å². The van der Waals surface area contributed by atoms with Crippen molar-refractivity contribution in [3.8, 4) is 0 Å². The molecule has 2 aromatic rings. The quantitative estimate of drug-likeness (QED) is 0.746. The van der Waals surface area contributed by atoms with Crippen molar-refractivity contribution in [2.24, 2.45) is 0 Å². The lowest BCUT2D eigenvalue weighted by molar-refractivity contribution is -0.159. The number of halogens is 2. The highest BCUT2D eigenvalue weighted by molar-refractivity contribution is 6.31. The van der Waals surface area contributed by atoms with E-state index in [2.05, 4.69) is 10.4 Å². The Balaban J connectivity index is 1.64. The molecule has 0 aliphatic carbocycles. The van der Waals surface area contributed by atoms with E-state index < -0.39 is 11.9 Å². The summed E-state index contributed by atoms with van der Waals surface area (Å²) in [5.74, 6) is -0.951. The summed E-state index contributed by atoms with van der Waals surface area (Å²) in [7, 11) is 1.49. The summed E-state index contributed by atoms with van der Waals surface area (Å²) in [5.41, 5.74) is 2.15. The van der Waals surface area contributed by atoms with E-state index in [0.717, 1.165) is 10.8 Å². The number of amides is 3. The van der Waals surface area contributed by atoms with Gasteiger partial charge in [0.15, 0.2) is 0 Å². The molecule has 166 valence electrons. The SMILES string of the molecule is CC[C@H]1Cc2nn3c(c2CN1C(=O)Nc1ccc(F)c(Cl)c1)C(=O)N(C)O[C@@H](CO)C3. The van der Waals surface area contributed by atoms with E-state index in [9.17, 15) is 19.1 Å². The minimum absolute atomic E-state index is 0.0835. The van der Waals surface area contributed by atoms with Gasteiger partial charge in [0.05, 0.1) is 30.4 Å². The third-order valence-corrected chi connectivity index (χ3v) is 5.90. The maximum absolute atomic E-state index is 13.4. The molecule has 0 radical (unpaired) electrons. The molecule has 3 heterocycles. The van der Waals surface area contributed by atoms with E-state index in [1.165, 1.54) is 25.2 Å². The lowest BCUT2D eigenvalue weighted by atomic mass is 9.97. The van der Waals surface area contributed by atoms with Crippen LogP contribution in [-0.2, 0) is 24.3 Å². The summed E-state index contributed by atoms with van der Waals surface area (Å²) in [4.78, 5) is 33.1. The highest BCUT2D eigenvalue weighted by atomic mass is 35.5. The van der Waals surface area contributed by atoms with Crippen molar-refractivity contribution >= 4 is 29.2 Å². The highest BCUT2D eigenvalue weighted by Gasteiger charge is 2.38. The van der Waals surface area contributed by atoms with Gasteiger partial charge in [0, 0.05) is 30.8 Å². The average Bonchev–Trinajstić information content (AvgIpc) is 3.04. The van der Waals surface area contributed by atoms with Crippen molar-refractivity contribution in [3.63, 3.8) is 0 Å². The number of hydroxylamine groups is 2. The molecular weight excluding hydrogens is 429 g/mol. The lowest BCUT2D eigenvalue weighted by Gasteiger charge is -2.35. The van der Waals surface area contributed by atoms with E-state index in [0.29, 0.717) is 29.8 Å². The van der Waals surface area contributed by atoms with Gasteiger partial charge in [0.25, 0.3) is 5.91 Å². The first-order chi connectivity index (χ1) is 14.8. The standard InChI is InChI=1S/C20H23ClFN5O4/c1-3-12-7-17-14(18-19(29)25(2)31-13(10-28)8-27(18)24-17)9-26(12)20(30)23-11-4-5-16(22)15(21)6-11/h4-6,12-13,28H,3,7-10H2,1-2H3,(H,23,30)/t12-,13+/m0/s1. The van der Waals surface area contributed by atoms with Gasteiger partial charge in [-0.15, -0.1) is 0 Å². The van der Waals surface area contributed by atoms with E-state index in [1.807, 2.05) is 6.92 Å². The number of rotatable bonds is 3. The zero-order chi connectivity index (χ0) is 22.3. The second-order valence-corrected chi connectivity index (χ2v) is 8.03. The largest absolute Gasteiger partial charge is 0.393 e. The Hall–Kier alpha value is -2.69. The Morgan fingerprint density at radius 1 is 1.45 bits per heavy atom. The van der Waals surface area contributed by atoms with E-state index in [4.69, 9.17) is 16.4 Å². The molecule has 3 amide bonds. The summed E-state index contributed by atoms with van der Waals surface area (Å²) >= 11 is 5.82. The number of urea groups is 1. The van der Waals surface area contributed by atoms with Crippen LogP contribution in [0.4, 0.5) is 14.9 Å². The number of anilines is 1. The van der Waals surface area contributed by atoms with Crippen molar-refractivity contribution < 1.29 is 23.9 Å². The Kier molecular flexibility index (Phi) is 5.87. The fraction of sp³-hybridized carbons (Fsp3) is 0.450. The number of carbonyl (C=O) groups is 2. The molecule has 0 bridgehead atoms. The van der Waals surface area contributed by atoms with Gasteiger partial charge in [-0.1, -0.05) is 18.5 Å². The Bertz CT molecular complexity index is 1030. The van der Waals surface area contributed by atoms with Crippen LogP contribution >= 0.6 is 11.6 Å².